The minimum absolute atomic E-state index is 0.0593. The Morgan fingerprint density at radius 3 is 2.32 bits per heavy atom. The van der Waals surface area contributed by atoms with Gasteiger partial charge in [0.2, 0.25) is 5.82 Å². The average Bonchev–Trinajstić information content (AvgIpc) is 2.81. The molecule has 0 radical (unpaired) electrons. The van der Waals surface area contributed by atoms with Gasteiger partial charge in [-0.05, 0) is 30.3 Å². The predicted molar refractivity (Wildman–Crippen MR) is 119 cm³/mol. The first-order valence-corrected chi connectivity index (χ1v) is 10.6. The van der Waals surface area contributed by atoms with Gasteiger partial charge in [-0.25, -0.2) is 4.98 Å². The first-order valence-electron chi connectivity index (χ1n) is 10.6. The number of anilines is 4. The Labute approximate surface area is 181 Å². The fourth-order valence-corrected chi connectivity index (χ4v) is 3.67. The molecule has 0 amide bonds. The molecule has 2 aliphatic rings. The molecule has 10 heteroatoms. The van der Waals surface area contributed by atoms with Crippen molar-refractivity contribution >= 4 is 28.7 Å². The van der Waals surface area contributed by atoms with E-state index in [1.165, 1.54) is 6.07 Å². The number of hydrogen-bond acceptors (Lipinski definition) is 9. The van der Waals surface area contributed by atoms with E-state index in [4.69, 9.17) is 9.47 Å². The van der Waals surface area contributed by atoms with Crippen LogP contribution in [0.25, 0.3) is 0 Å². The van der Waals surface area contributed by atoms with E-state index in [9.17, 15) is 10.1 Å². The van der Waals surface area contributed by atoms with Crippen LogP contribution < -0.4 is 15.5 Å². The van der Waals surface area contributed by atoms with E-state index >= 15 is 0 Å². The third-order valence-corrected chi connectivity index (χ3v) is 5.41. The molecule has 0 bridgehead atoms. The highest BCUT2D eigenvalue weighted by Gasteiger charge is 2.17. The number of ether oxygens (including phenoxy) is 2. The summed E-state index contributed by atoms with van der Waals surface area (Å²) in [5.41, 5.74) is 1.80. The first kappa shape index (κ1) is 21.3. The molecule has 4 rings (SSSR count). The van der Waals surface area contributed by atoms with Crippen LogP contribution in [0, 0.1) is 10.1 Å². The first-order chi connectivity index (χ1) is 15.2. The standard InChI is InChI=1S/C21H28N6O4/c28-27(29)19-5-6-20(22-7-8-25-9-13-30-14-10-25)24-21(19)23-17-1-3-18(4-2-17)26-11-15-31-16-12-26/h1-6H,7-16H2,(H2,22,23,24). The van der Waals surface area contributed by atoms with E-state index in [1.54, 1.807) is 6.07 Å². The molecule has 1 aromatic carbocycles. The van der Waals surface area contributed by atoms with Gasteiger partial charge in [0.15, 0.2) is 0 Å². The second-order valence-electron chi connectivity index (χ2n) is 7.47. The summed E-state index contributed by atoms with van der Waals surface area (Å²) in [5.74, 6) is 0.826. The third-order valence-electron chi connectivity index (χ3n) is 5.41. The Bertz CT molecular complexity index is 867. The summed E-state index contributed by atoms with van der Waals surface area (Å²) in [6.45, 7) is 8.10. The molecule has 0 unspecified atom stereocenters. The molecule has 2 fully saturated rings. The van der Waals surface area contributed by atoms with Gasteiger partial charge in [-0.2, -0.15) is 0 Å². The van der Waals surface area contributed by atoms with Gasteiger partial charge in [0.25, 0.3) is 0 Å². The van der Waals surface area contributed by atoms with Gasteiger partial charge in [0.1, 0.15) is 5.82 Å². The molecule has 1 aromatic heterocycles. The van der Waals surface area contributed by atoms with E-state index in [2.05, 4.69) is 25.4 Å². The van der Waals surface area contributed by atoms with Crippen LogP contribution in [-0.4, -0.2) is 80.5 Å². The van der Waals surface area contributed by atoms with Crippen LogP contribution in [0.15, 0.2) is 36.4 Å². The fraction of sp³-hybridized carbons (Fsp3) is 0.476. The molecule has 166 valence electrons. The Kier molecular flexibility index (Phi) is 7.13. The number of nitro groups is 1. The molecule has 3 heterocycles. The summed E-state index contributed by atoms with van der Waals surface area (Å²) in [6, 6.07) is 11.0. The predicted octanol–water partition coefficient (Wildman–Crippen LogP) is 2.31. The van der Waals surface area contributed by atoms with Crippen molar-refractivity contribution < 1.29 is 14.4 Å². The Morgan fingerprint density at radius 2 is 1.65 bits per heavy atom. The van der Waals surface area contributed by atoms with E-state index in [-0.39, 0.29) is 11.5 Å². The highest BCUT2D eigenvalue weighted by molar-refractivity contribution is 5.69. The second kappa shape index (κ2) is 10.4. The molecular weight excluding hydrogens is 400 g/mol. The molecule has 0 spiro atoms. The number of nitrogens with one attached hydrogen (secondary N) is 2. The zero-order valence-electron chi connectivity index (χ0n) is 17.5. The molecule has 0 atom stereocenters. The van der Waals surface area contributed by atoms with Gasteiger partial charge in [-0.15, -0.1) is 0 Å². The SMILES string of the molecule is O=[N+]([O-])c1ccc(NCCN2CCOCC2)nc1Nc1ccc(N2CCOCC2)cc1. The van der Waals surface area contributed by atoms with Crippen molar-refractivity contribution in [3.63, 3.8) is 0 Å². The molecule has 2 aliphatic heterocycles. The maximum atomic E-state index is 11.5. The molecular formula is C21H28N6O4. The maximum Gasteiger partial charge on any atom is 0.311 e. The van der Waals surface area contributed by atoms with Crippen molar-refractivity contribution in [2.45, 2.75) is 0 Å². The van der Waals surface area contributed by atoms with Crippen LogP contribution in [0.5, 0.6) is 0 Å². The van der Waals surface area contributed by atoms with Gasteiger partial charge in [0, 0.05) is 56.7 Å². The number of morpholine rings is 2. The number of hydrogen-bond donors (Lipinski definition) is 2. The van der Waals surface area contributed by atoms with E-state index in [1.807, 2.05) is 24.3 Å². The lowest BCUT2D eigenvalue weighted by atomic mass is 10.2. The summed E-state index contributed by atoms with van der Waals surface area (Å²) in [6.07, 6.45) is 0. The van der Waals surface area contributed by atoms with Gasteiger partial charge in [-0.1, -0.05) is 0 Å². The van der Waals surface area contributed by atoms with Crippen molar-refractivity contribution in [2.24, 2.45) is 0 Å². The van der Waals surface area contributed by atoms with Crippen molar-refractivity contribution in [3.8, 4) is 0 Å². The number of aromatic nitrogens is 1. The Balaban J connectivity index is 1.40. The van der Waals surface area contributed by atoms with Crippen LogP contribution in [-0.2, 0) is 9.47 Å². The normalized spacial score (nSPS) is 17.4. The number of pyridine rings is 1. The van der Waals surface area contributed by atoms with Crippen LogP contribution >= 0.6 is 0 Å². The smallest absolute Gasteiger partial charge is 0.311 e. The third kappa shape index (κ3) is 5.81. The van der Waals surface area contributed by atoms with Gasteiger partial charge in [-0.3, -0.25) is 15.0 Å². The van der Waals surface area contributed by atoms with Crippen LogP contribution in [0.4, 0.5) is 28.7 Å². The zero-order chi connectivity index (χ0) is 21.5. The summed E-state index contributed by atoms with van der Waals surface area (Å²) >= 11 is 0. The van der Waals surface area contributed by atoms with E-state index in [0.29, 0.717) is 12.4 Å². The molecule has 10 nitrogen and oxygen atoms in total. The van der Waals surface area contributed by atoms with Crippen molar-refractivity contribution in [1.82, 2.24) is 9.88 Å². The molecule has 2 saturated heterocycles. The maximum absolute atomic E-state index is 11.5. The quantitative estimate of drug-likeness (QED) is 0.484. The van der Waals surface area contributed by atoms with E-state index in [0.717, 1.165) is 70.5 Å². The average molecular weight is 428 g/mol. The highest BCUT2D eigenvalue weighted by atomic mass is 16.6. The van der Waals surface area contributed by atoms with Crippen molar-refractivity contribution in [1.29, 1.82) is 0 Å². The Hall–Kier alpha value is -2.95. The fourth-order valence-electron chi connectivity index (χ4n) is 3.67. The molecule has 0 aliphatic carbocycles. The molecule has 31 heavy (non-hydrogen) atoms. The number of benzene rings is 1. The van der Waals surface area contributed by atoms with Crippen LogP contribution in [0.1, 0.15) is 0 Å². The molecule has 2 N–H and O–H groups in total. The lowest BCUT2D eigenvalue weighted by Gasteiger charge is -2.28. The number of rotatable bonds is 8. The van der Waals surface area contributed by atoms with Gasteiger partial charge < -0.3 is 25.0 Å². The second-order valence-corrected chi connectivity index (χ2v) is 7.47. The van der Waals surface area contributed by atoms with Gasteiger partial charge in [0.05, 0.1) is 31.4 Å². The summed E-state index contributed by atoms with van der Waals surface area (Å²) in [5, 5.41) is 17.8. The topological polar surface area (TPSA) is 105 Å². The largest absolute Gasteiger partial charge is 0.379 e. The summed E-state index contributed by atoms with van der Waals surface area (Å²) < 4.78 is 10.8. The minimum atomic E-state index is -0.422. The zero-order valence-corrected chi connectivity index (χ0v) is 17.5. The lowest BCUT2D eigenvalue weighted by Crippen LogP contribution is -2.39. The minimum Gasteiger partial charge on any atom is -0.379 e. The summed E-state index contributed by atoms with van der Waals surface area (Å²) in [4.78, 5) is 20.1. The number of nitrogens with zero attached hydrogens (tertiary/aromatic N) is 4. The van der Waals surface area contributed by atoms with Crippen molar-refractivity contribution in [3.05, 3.63) is 46.5 Å². The molecule has 2 aromatic rings. The van der Waals surface area contributed by atoms with Crippen molar-refractivity contribution in [2.75, 3.05) is 81.2 Å². The molecule has 0 saturated carbocycles. The van der Waals surface area contributed by atoms with Gasteiger partial charge >= 0.3 is 5.69 Å². The van der Waals surface area contributed by atoms with E-state index < -0.39 is 4.92 Å². The van der Waals surface area contributed by atoms with Crippen LogP contribution in [0.2, 0.25) is 0 Å². The highest BCUT2D eigenvalue weighted by Crippen LogP contribution is 2.28. The summed E-state index contributed by atoms with van der Waals surface area (Å²) in [7, 11) is 0. The monoisotopic (exact) mass is 428 g/mol. The lowest BCUT2D eigenvalue weighted by molar-refractivity contribution is -0.384. The Morgan fingerprint density at radius 1 is 0.968 bits per heavy atom. The van der Waals surface area contributed by atoms with Crippen LogP contribution in [0.3, 0.4) is 0 Å².